The molecule has 0 radical (unpaired) electrons. The Morgan fingerprint density at radius 3 is 2.58 bits per heavy atom. The summed E-state index contributed by atoms with van der Waals surface area (Å²) in [6.07, 6.45) is 0. The Hall–Kier alpha value is -1.93. The van der Waals surface area contributed by atoms with Crippen molar-refractivity contribution in [2.45, 2.75) is 6.92 Å². The fourth-order valence-corrected chi connectivity index (χ4v) is 1.95. The maximum Gasteiger partial charge on any atom is 0.201 e. The van der Waals surface area contributed by atoms with Crippen LogP contribution in [0, 0.1) is 29.9 Å². The van der Waals surface area contributed by atoms with E-state index < -0.39 is 11.6 Å². The lowest BCUT2D eigenvalue weighted by Crippen LogP contribution is -1.94. The number of rotatable bonds is 2. The molecule has 96 valence electrons. The number of benzene rings is 2. The van der Waals surface area contributed by atoms with E-state index in [2.05, 4.69) is 15.9 Å². The van der Waals surface area contributed by atoms with Gasteiger partial charge < -0.3 is 4.74 Å². The third-order valence-corrected chi connectivity index (χ3v) is 2.89. The maximum atomic E-state index is 13.6. The summed E-state index contributed by atoms with van der Waals surface area (Å²) in [6.45, 7) is 1.82. The highest BCUT2D eigenvalue weighted by atomic mass is 79.9. The molecular formula is C14H8BrF2NO. The van der Waals surface area contributed by atoms with Gasteiger partial charge in [0.15, 0.2) is 11.6 Å². The van der Waals surface area contributed by atoms with Crippen LogP contribution in [0.15, 0.2) is 34.8 Å². The molecule has 5 heteroatoms. The Labute approximate surface area is 117 Å². The second-order valence-corrected chi connectivity index (χ2v) is 4.83. The van der Waals surface area contributed by atoms with Gasteiger partial charge in [-0.25, -0.2) is 4.39 Å². The number of ether oxygens (including phenoxy) is 1. The molecule has 0 fully saturated rings. The highest BCUT2D eigenvalue weighted by molar-refractivity contribution is 9.10. The summed E-state index contributed by atoms with van der Waals surface area (Å²) in [7, 11) is 0. The summed E-state index contributed by atoms with van der Waals surface area (Å²) < 4.78 is 32.5. The Kier molecular flexibility index (Phi) is 3.82. The molecule has 2 rings (SSSR count). The first-order valence-electron chi connectivity index (χ1n) is 5.34. The van der Waals surface area contributed by atoms with Crippen LogP contribution in [0.1, 0.15) is 11.1 Å². The average molecular weight is 324 g/mol. The molecule has 0 bridgehead atoms. The first-order chi connectivity index (χ1) is 9.01. The van der Waals surface area contributed by atoms with Crippen LogP contribution in [-0.4, -0.2) is 0 Å². The van der Waals surface area contributed by atoms with Crippen molar-refractivity contribution in [3.63, 3.8) is 0 Å². The monoisotopic (exact) mass is 323 g/mol. The molecule has 0 saturated heterocycles. The average Bonchev–Trinajstić information content (AvgIpc) is 2.37. The molecule has 0 saturated carbocycles. The van der Waals surface area contributed by atoms with Crippen LogP contribution in [0.4, 0.5) is 8.78 Å². The second kappa shape index (κ2) is 5.37. The third-order valence-electron chi connectivity index (χ3n) is 2.44. The van der Waals surface area contributed by atoms with Crippen molar-refractivity contribution in [1.29, 1.82) is 5.26 Å². The zero-order valence-electron chi connectivity index (χ0n) is 9.88. The van der Waals surface area contributed by atoms with Crippen LogP contribution in [-0.2, 0) is 0 Å². The van der Waals surface area contributed by atoms with E-state index in [0.717, 1.165) is 11.6 Å². The predicted molar refractivity (Wildman–Crippen MR) is 70.0 cm³/mol. The topological polar surface area (TPSA) is 33.0 Å². The molecule has 0 N–H and O–H groups in total. The van der Waals surface area contributed by atoms with E-state index in [9.17, 15) is 8.78 Å². The van der Waals surface area contributed by atoms with Crippen LogP contribution in [0.3, 0.4) is 0 Å². The van der Waals surface area contributed by atoms with Gasteiger partial charge in [0.25, 0.3) is 0 Å². The molecule has 0 atom stereocenters. The third kappa shape index (κ3) is 2.91. The van der Waals surface area contributed by atoms with Gasteiger partial charge in [0, 0.05) is 4.47 Å². The molecule has 0 aromatic heterocycles. The molecule has 0 heterocycles. The normalized spacial score (nSPS) is 10.1. The zero-order chi connectivity index (χ0) is 14.0. The van der Waals surface area contributed by atoms with Gasteiger partial charge in [0.05, 0.1) is 5.56 Å². The smallest absolute Gasteiger partial charge is 0.201 e. The number of hydrogen-bond acceptors (Lipinski definition) is 2. The fraction of sp³-hybridized carbons (Fsp3) is 0.0714. The van der Waals surface area contributed by atoms with E-state index in [1.54, 1.807) is 18.2 Å². The predicted octanol–water partition coefficient (Wildman–Crippen LogP) is 4.70. The number of nitriles is 1. The van der Waals surface area contributed by atoms with Gasteiger partial charge in [-0.3, -0.25) is 0 Å². The summed E-state index contributed by atoms with van der Waals surface area (Å²) in [5.74, 6) is -2.20. The van der Waals surface area contributed by atoms with E-state index in [1.165, 1.54) is 6.07 Å². The van der Waals surface area contributed by atoms with Gasteiger partial charge in [-0.2, -0.15) is 9.65 Å². The molecule has 0 aliphatic carbocycles. The van der Waals surface area contributed by atoms with Gasteiger partial charge >= 0.3 is 0 Å². The van der Waals surface area contributed by atoms with E-state index in [1.807, 2.05) is 13.0 Å². The van der Waals surface area contributed by atoms with Crippen molar-refractivity contribution >= 4 is 15.9 Å². The van der Waals surface area contributed by atoms with E-state index >= 15 is 0 Å². The van der Waals surface area contributed by atoms with Crippen molar-refractivity contribution in [2.75, 3.05) is 0 Å². The Morgan fingerprint density at radius 1 is 1.16 bits per heavy atom. The minimum Gasteiger partial charge on any atom is -0.453 e. The standard InChI is InChI=1S/C14H8BrF2NO/c1-8-2-3-12(9(4-8)7-18)19-13-6-10(15)5-11(16)14(13)17/h2-6H,1H3. The van der Waals surface area contributed by atoms with Crippen LogP contribution < -0.4 is 4.74 Å². The zero-order valence-corrected chi connectivity index (χ0v) is 11.5. The number of halogens is 3. The molecule has 0 aliphatic rings. The van der Waals surface area contributed by atoms with Gasteiger partial charge in [-0.1, -0.05) is 22.0 Å². The molecule has 2 aromatic rings. The summed E-state index contributed by atoms with van der Waals surface area (Å²) in [4.78, 5) is 0. The molecule has 0 spiro atoms. The quantitative estimate of drug-likeness (QED) is 0.750. The SMILES string of the molecule is Cc1ccc(Oc2cc(Br)cc(F)c2F)c(C#N)c1. The van der Waals surface area contributed by atoms with Gasteiger partial charge in [0.1, 0.15) is 11.8 Å². The Bertz CT molecular complexity index is 680. The van der Waals surface area contributed by atoms with E-state index in [4.69, 9.17) is 10.00 Å². The second-order valence-electron chi connectivity index (χ2n) is 3.91. The van der Waals surface area contributed by atoms with Crippen molar-refractivity contribution < 1.29 is 13.5 Å². The summed E-state index contributed by atoms with van der Waals surface area (Å²) in [6, 6.07) is 9.14. The van der Waals surface area contributed by atoms with Crippen molar-refractivity contribution in [3.05, 3.63) is 57.6 Å². The Balaban J connectivity index is 2.45. The van der Waals surface area contributed by atoms with E-state index in [-0.39, 0.29) is 17.1 Å². The lowest BCUT2D eigenvalue weighted by Gasteiger charge is -2.09. The number of hydrogen-bond donors (Lipinski definition) is 0. The van der Waals surface area contributed by atoms with Crippen LogP contribution in [0.2, 0.25) is 0 Å². The van der Waals surface area contributed by atoms with Crippen molar-refractivity contribution in [2.24, 2.45) is 0 Å². The lowest BCUT2D eigenvalue weighted by molar-refractivity contribution is 0.414. The first kappa shape index (κ1) is 13.5. The molecule has 0 aliphatic heterocycles. The van der Waals surface area contributed by atoms with Crippen molar-refractivity contribution in [1.82, 2.24) is 0 Å². The highest BCUT2D eigenvalue weighted by Crippen LogP contribution is 2.31. The minimum absolute atomic E-state index is 0.185. The lowest BCUT2D eigenvalue weighted by atomic mass is 10.1. The molecule has 2 aromatic carbocycles. The molecule has 19 heavy (non-hydrogen) atoms. The number of nitrogens with zero attached hydrogens (tertiary/aromatic N) is 1. The molecule has 0 unspecified atom stereocenters. The first-order valence-corrected chi connectivity index (χ1v) is 6.13. The van der Waals surface area contributed by atoms with Crippen LogP contribution in [0.5, 0.6) is 11.5 Å². The largest absolute Gasteiger partial charge is 0.453 e. The van der Waals surface area contributed by atoms with Crippen LogP contribution in [0.25, 0.3) is 0 Å². The van der Waals surface area contributed by atoms with E-state index in [0.29, 0.717) is 4.47 Å². The maximum absolute atomic E-state index is 13.6. The molecule has 0 amide bonds. The van der Waals surface area contributed by atoms with Gasteiger partial charge in [0.2, 0.25) is 5.82 Å². The summed E-state index contributed by atoms with van der Waals surface area (Å²) >= 11 is 3.06. The Morgan fingerprint density at radius 2 is 1.89 bits per heavy atom. The van der Waals surface area contributed by atoms with Crippen LogP contribution >= 0.6 is 15.9 Å². The van der Waals surface area contributed by atoms with Gasteiger partial charge in [-0.05, 0) is 36.8 Å². The number of aryl methyl sites for hydroxylation is 1. The fourth-order valence-electron chi connectivity index (χ4n) is 1.55. The minimum atomic E-state index is -1.09. The molecule has 2 nitrogen and oxygen atoms in total. The highest BCUT2D eigenvalue weighted by Gasteiger charge is 2.14. The summed E-state index contributed by atoms with van der Waals surface area (Å²) in [5, 5.41) is 8.99. The van der Waals surface area contributed by atoms with Gasteiger partial charge in [-0.15, -0.1) is 0 Å². The summed E-state index contributed by atoms with van der Waals surface area (Å²) in [5.41, 5.74) is 1.14. The molecular weight excluding hydrogens is 316 g/mol. The van der Waals surface area contributed by atoms with Crippen molar-refractivity contribution in [3.8, 4) is 17.6 Å².